The molecule has 1 saturated heterocycles. The highest BCUT2D eigenvalue weighted by atomic mass is 16.4. The van der Waals surface area contributed by atoms with E-state index in [1.807, 2.05) is 23.6 Å². The fraction of sp³-hybridized carbons (Fsp3) is 0.875. The van der Waals surface area contributed by atoms with Crippen LogP contribution in [0.5, 0.6) is 0 Å². The van der Waals surface area contributed by atoms with Gasteiger partial charge in [-0.15, -0.1) is 0 Å². The molecule has 23 heavy (non-hydrogen) atoms. The van der Waals surface area contributed by atoms with Crippen molar-refractivity contribution in [2.75, 3.05) is 26.2 Å². The number of carboxylic acids is 1. The van der Waals surface area contributed by atoms with Gasteiger partial charge in [-0.3, -0.25) is 9.69 Å². The maximum atomic E-state index is 12.4. The second kappa shape index (κ2) is 7.97. The van der Waals surface area contributed by atoms with Crippen LogP contribution in [-0.2, 0) is 4.79 Å². The summed E-state index contributed by atoms with van der Waals surface area (Å²) in [6, 6.07) is 0.445. The number of carbonyl (C=O) groups is 2. The van der Waals surface area contributed by atoms with E-state index in [-0.39, 0.29) is 43.2 Å². The summed E-state index contributed by atoms with van der Waals surface area (Å²) in [7, 11) is 0. The van der Waals surface area contributed by atoms with Gasteiger partial charge in [-0.25, -0.2) is 4.79 Å². The Labute approximate surface area is 137 Å². The largest absolute Gasteiger partial charge is 0.480 e. The third-order valence-corrected chi connectivity index (χ3v) is 5.30. The fourth-order valence-electron chi connectivity index (χ4n) is 3.87. The van der Waals surface area contributed by atoms with E-state index < -0.39 is 5.97 Å². The number of aliphatic hydroxyl groups is 1. The molecule has 1 aliphatic carbocycles. The molecule has 1 saturated carbocycles. The Kier molecular flexibility index (Phi) is 6.24. The predicted molar refractivity (Wildman–Crippen MR) is 86.2 cm³/mol. The standard InChI is InChI=1S/C16H29N3O4/c1-3-14-11(10-20)5-6-19(14)16(23)17-12-7-13(8-12)18(4-2)9-15(21)22/h11-14,20H,3-10H2,1-2H3,(H,17,23)(H,21,22). The molecule has 1 heterocycles. The van der Waals surface area contributed by atoms with Gasteiger partial charge in [0.15, 0.2) is 0 Å². The lowest BCUT2D eigenvalue weighted by molar-refractivity contribution is -0.139. The van der Waals surface area contributed by atoms with Crippen molar-refractivity contribution in [3.63, 3.8) is 0 Å². The highest BCUT2D eigenvalue weighted by Crippen LogP contribution is 2.29. The van der Waals surface area contributed by atoms with Gasteiger partial charge in [0.2, 0.25) is 0 Å². The second-order valence-electron chi connectivity index (χ2n) is 6.63. The number of hydrogen-bond acceptors (Lipinski definition) is 4. The molecule has 2 unspecified atom stereocenters. The molecule has 2 atom stereocenters. The SMILES string of the molecule is CCC1C(CO)CCN1C(=O)NC1CC(N(CC)CC(=O)O)C1. The van der Waals surface area contributed by atoms with Crippen LogP contribution in [0.1, 0.15) is 39.5 Å². The molecular weight excluding hydrogens is 298 g/mol. The van der Waals surface area contributed by atoms with E-state index in [9.17, 15) is 14.7 Å². The van der Waals surface area contributed by atoms with Crippen LogP contribution in [-0.4, -0.2) is 76.4 Å². The van der Waals surface area contributed by atoms with Gasteiger partial charge in [-0.05, 0) is 32.2 Å². The number of hydrogen-bond donors (Lipinski definition) is 3. The van der Waals surface area contributed by atoms with E-state index in [4.69, 9.17) is 5.11 Å². The van der Waals surface area contributed by atoms with Gasteiger partial charge < -0.3 is 20.4 Å². The summed E-state index contributed by atoms with van der Waals surface area (Å²) in [4.78, 5) is 27.1. The molecule has 0 aromatic heterocycles. The van der Waals surface area contributed by atoms with Gasteiger partial charge in [-0.1, -0.05) is 13.8 Å². The summed E-state index contributed by atoms with van der Waals surface area (Å²) in [5.41, 5.74) is 0. The molecule has 0 aromatic carbocycles. The molecule has 3 N–H and O–H groups in total. The number of carbonyl (C=O) groups excluding carboxylic acids is 1. The summed E-state index contributed by atoms with van der Waals surface area (Å²) in [5, 5.41) is 21.4. The number of likely N-dealkylation sites (tertiary alicyclic amines) is 1. The number of urea groups is 1. The lowest BCUT2D eigenvalue weighted by Gasteiger charge is -2.43. The minimum atomic E-state index is -0.808. The van der Waals surface area contributed by atoms with Crippen molar-refractivity contribution in [3.05, 3.63) is 0 Å². The van der Waals surface area contributed by atoms with E-state index in [0.717, 1.165) is 25.7 Å². The Morgan fingerprint density at radius 3 is 2.52 bits per heavy atom. The summed E-state index contributed by atoms with van der Waals surface area (Å²) >= 11 is 0. The van der Waals surface area contributed by atoms with E-state index in [2.05, 4.69) is 5.32 Å². The van der Waals surface area contributed by atoms with Crippen LogP contribution >= 0.6 is 0 Å². The van der Waals surface area contributed by atoms with E-state index in [1.165, 1.54) is 0 Å². The predicted octanol–water partition coefficient (Wildman–Crippen LogP) is 0.726. The number of rotatable bonds is 7. The van der Waals surface area contributed by atoms with Crippen molar-refractivity contribution in [2.24, 2.45) is 5.92 Å². The van der Waals surface area contributed by atoms with Gasteiger partial charge in [0.25, 0.3) is 0 Å². The maximum absolute atomic E-state index is 12.4. The van der Waals surface area contributed by atoms with Crippen molar-refractivity contribution >= 4 is 12.0 Å². The van der Waals surface area contributed by atoms with Crippen LogP contribution in [0.3, 0.4) is 0 Å². The lowest BCUT2D eigenvalue weighted by atomic mass is 9.85. The third-order valence-electron chi connectivity index (χ3n) is 5.30. The number of aliphatic hydroxyl groups excluding tert-OH is 1. The molecule has 2 aliphatic rings. The molecule has 7 heteroatoms. The Morgan fingerprint density at radius 2 is 2.00 bits per heavy atom. The number of aliphatic carboxylic acids is 1. The summed E-state index contributed by atoms with van der Waals surface area (Å²) < 4.78 is 0. The molecule has 7 nitrogen and oxygen atoms in total. The van der Waals surface area contributed by atoms with Gasteiger partial charge in [-0.2, -0.15) is 0 Å². The molecule has 2 amide bonds. The Balaban J connectivity index is 1.79. The normalized spacial score (nSPS) is 30.3. The smallest absolute Gasteiger partial charge is 0.317 e. The van der Waals surface area contributed by atoms with Crippen LogP contribution in [0.4, 0.5) is 4.79 Å². The van der Waals surface area contributed by atoms with E-state index in [0.29, 0.717) is 13.1 Å². The number of amides is 2. The zero-order valence-corrected chi connectivity index (χ0v) is 14.1. The highest BCUT2D eigenvalue weighted by Gasteiger charge is 2.39. The first-order valence-corrected chi connectivity index (χ1v) is 8.63. The molecular formula is C16H29N3O4. The van der Waals surface area contributed by atoms with Gasteiger partial charge in [0, 0.05) is 37.2 Å². The Morgan fingerprint density at radius 1 is 1.30 bits per heavy atom. The first-order chi connectivity index (χ1) is 11.0. The van der Waals surface area contributed by atoms with E-state index >= 15 is 0 Å². The number of likely N-dealkylation sites (N-methyl/N-ethyl adjacent to an activating group) is 1. The molecule has 2 rings (SSSR count). The summed E-state index contributed by atoms with van der Waals surface area (Å²) in [6.45, 7) is 5.60. The third kappa shape index (κ3) is 4.14. The minimum absolute atomic E-state index is 0.0440. The van der Waals surface area contributed by atoms with Gasteiger partial charge in [0.05, 0.1) is 6.54 Å². The second-order valence-corrected chi connectivity index (χ2v) is 6.63. The molecule has 0 aromatic rings. The van der Waals surface area contributed by atoms with Crippen LogP contribution in [0.15, 0.2) is 0 Å². The monoisotopic (exact) mass is 327 g/mol. The Bertz CT molecular complexity index is 426. The first-order valence-electron chi connectivity index (χ1n) is 8.63. The highest BCUT2D eigenvalue weighted by molar-refractivity contribution is 5.75. The van der Waals surface area contributed by atoms with Crippen molar-refractivity contribution in [1.82, 2.24) is 15.1 Å². The van der Waals surface area contributed by atoms with Crippen LogP contribution in [0.25, 0.3) is 0 Å². The van der Waals surface area contributed by atoms with Crippen molar-refractivity contribution < 1.29 is 19.8 Å². The quantitative estimate of drug-likeness (QED) is 0.641. The average Bonchev–Trinajstić information content (AvgIpc) is 2.90. The molecule has 132 valence electrons. The minimum Gasteiger partial charge on any atom is -0.480 e. The number of carboxylic acid groups (broad SMARTS) is 1. The van der Waals surface area contributed by atoms with Crippen LogP contribution < -0.4 is 5.32 Å². The molecule has 1 aliphatic heterocycles. The van der Waals surface area contributed by atoms with Crippen molar-refractivity contribution in [1.29, 1.82) is 0 Å². The number of nitrogens with one attached hydrogen (secondary N) is 1. The van der Waals surface area contributed by atoms with E-state index in [1.54, 1.807) is 0 Å². The zero-order valence-electron chi connectivity index (χ0n) is 14.1. The summed E-state index contributed by atoms with van der Waals surface area (Å²) in [6.07, 6.45) is 3.33. The Hall–Kier alpha value is -1.34. The molecule has 0 bridgehead atoms. The molecule has 0 radical (unpaired) electrons. The fourth-order valence-corrected chi connectivity index (χ4v) is 3.87. The average molecular weight is 327 g/mol. The first kappa shape index (κ1) is 18.0. The van der Waals surface area contributed by atoms with Gasteiger partial charge in [0.1, 0.15) is 0 Å². The topological polar surface area (TPSA) is 93.1 Å². The number of nitrogens with zero attached hydrogens (tertiary/aromatic N) is 2. The van der Waals surface area contributed by atoms with Crippen molar-refractivity contribution in [2.45, 2.75) is 57.7 Å². The molecule has 0 spiro atoms. The zero-order chi connectivity index (χ0) is 17.0. The maximum Gasteiger partial charge on any atom is 0.317 e. The van der Waals surface area contributed by atoms with Gasteiger partial charge >= 0.3 is 12.0 Å². The van der Waals surface area contributed by atoms with Crippen LogP contribution in [0.2, 0.25) is 0 Å². The molecule has 2 fully saturated rings. The van der Waals surface area contributed by atoms with Crippen molar-refractivity contribution in [3.8, 4) is 0 Å². The van der Waals surface area contributed by atoms with Crippen LogP contribution in [0, 0.1) is 5.92 Å². The summed E-state index contributed by atoms with van der Waals surface area (Å²) in [5.74, 6) is -0.622. The lowest BCUT2D eigenvalue weighted by Crippen LogP contribution is -2.57.